The molecular weight excluding hydrogens is 226 g/mol. The van der Waals surface area contributed by atoms with Gasteiger partial charge in [-0.2, -0.15) is 0 Å². The summed E-state index contributed by atoms with van der Waals surface area (Å²) in [5.41, 5.74) is 3.02. The van der Waals surface area contributed by atoms with Crippen LogP contribution >= 0.6 is 11.3 Å². The van der Waals surface area contributed by atoms with Crippen LogP contribution in [-0.4, -0.2) is 6.04 Å². The lowest BCUT2D eigenvalue weighted by Crippen LogP contribution is -2.25. The van der Waals surface area contributed by atoms with Gasteiger partial charge in [-0.3, -0.25) is 0 Å². The number of rotatable bonds is 1. The molecule has 0 N–H and O–H groups in total. The first-order chi connectivity index (χ1) is 8.45. The van der Waals surface area contributed by atoms with Crippen molar-refractivity contribution in [2.75, 3.05) is 4.90 Å². The van der Waals surface area contributed by atoms with Gasteiger partial charge >= 0.3 is 0 Å². The Morgan fingerprint density at radius 1 is 1.06 bits per heavy atom. The number of anilines is 2. The van der Waals surface area contributed by atoms with Gasteiger partial charge in [0.25, 0.3) is 0 Å². The summed E-state index contributed by atoms with van der Waals surface area (Å²) < 4.78 is 0. The second-order valence-electron chi connectivity index (χ2n) is 4.98. The molecule has 86 valence electrons. The molecule has 2 aromatic rings. The topological polar surface area (TPSA) is 3.24 Å². The summed E-state index contributed by atoms with van der Waals surface area (Å²) in [6, 6.07) is 14.1. The van der Waals surface area contributed by atoms with Gasteiger partial charge in [0, 0.05) is 17.6 Å². The fourth-order valence-electron chi connectivity index (χ4n) is 3.50. The summed E-state index contributed by atoms with van der Waals surface area (Å²) in [5.74, 6) is 0.772. The number of fused-ring (bicyclic) bond motifs is 3. The third-order valence-electron chi connectivity index (χ3n) is 4.15. The number of para-hydroxylation sites is 1. The standard InChI is InChI=1S/C15H15NS/c1-2-7-13-11(5-1)12-6-3-8-14(12)16(13)15-9-4-10-17-15/h1-2,4-5,7,9-10,12,14H,3,6,8H2. The van der Waals surface area contributed by atoms with E-state index in [1.54, 1.807) is 5.56 Å². The zero-order valence-electron chi connectivity index (χ0n) is 9.67. The van der Waals surface area contributed by atoms with E-state index in [0.717, 1.165) is 5.92 Å². The predicted molar refractivity (Wildman–Crippen MR) is 73.3 cm³/mol. The molecule has 0 saturated heterocycles. The van der Waals surface area contributed by atoms with Crippen LogP contribution in [0.1, 0.15) is 30.7 Å². The van der Waals surface area contributed by atoms with Crippen molar-refractivity contribution in [3.8, 4) is 0 Å². The van der Waals surface area contributed by atoms with Crippen molar-refractivity contribution in [2.45, 2.75) is 31.2 Å². The Morgan fingerprint density at radius 2 is 2.00 bits per heavy atom. The van der Waals surface area contributed by atoms with Crippen LogP contribution in [0.4, 0.5) is 10.7 Å². The van der Waals surface area contributed by atoms with Crippen LogP contribution < -0.4 is 4.90 Å². The Kier molecular flexibility index (Phi) is 2.06. The predicted octanol–water partition coefficient (Wildman–Crippen LogP) is 4.54. The number of benzene rings is 1. The number of nitrogens with zero attached hydrogens (tertiary/aromatic N) is 1. The zero-order valence-corrected chi connectivity index (χ0v) is 10.5. The van der Waals surface area contributed by atoms with E-state index in [1.807, 2.05) is 11.3 Å². The third-order valence-corrected chi connectivity index (χ3v) is 5.02. The molecule has 2 atom stereocenters. The molecule has 2 aliphatic rings. The van der Waals surface area contributed by atoms with Gasteiger partial charge in [-0.1, -0.05) is 24.6 Å². The van der Waals surface area contributed by atoms with Gasteiger partial charge in [0.15, 0.2) is 0 Å². The number of thiophene rings is 1. The summed E-state index contributed by atoms with van der Waals surface area (Å²) in [6.45, 7) is 0. The van der Waals surface area contributed by atoms with Crippen molar-refractivity contribution in [3.05, 3.63) is 47.3 Å². The van der Waals surface area contributed by atoms with Gasteiger partial charge < -0.3 is 4.90 Å². The molecule has 1 aromatic heterocycles. The molecule has 1 fully saturated rings. The van der Waals surface area contributed by atoms with Gasteiger partial charge in [0.05, 0.1) is 5.00 Å². The first kappa shape index (κ1) is 9.72. The van der Waals surface area contributed by atoms with Crippen LogP contribution in [0, 0.1) is 0 Å². The Morgan fingerprint density at radius 3 is 2.88 bits per heavy atom. The second kappa shape index (κ2) is 3.61. The number of hydrogen-bond acceptors (Lipinski definition) is 2. The fourth-order valence-corrected chi connectivity index (χ4v) is 4.30. The maximum atomic E-state index is 2.58. The Labute approximate surface area is 106 Å². The molecular formula is C15H15NS. The van der Waals surface area contributed by atoms with Crippen molar-refractivity contribution >= 4 is 22.0 Å². The van der Waals surface area contributed by atoms with Crippen molar-refractivity contribution < 1.29 is 0 Å². The van der Waals surface area contributed by atoms with Crippen molar-refractivity contribution in [3.63, 3.8) is 0 Å². The molecule has 1 nitrogen and oxygen atoms in total. The van der Waals surface area contributed by atoms with Crippen LogP contribution in [0.25, 0.3) is 0 Å². The number of hydrogen-bond donors (Lipinski definition) is 0. The zero-order chi connectivity index (χ0) is 11.2. The van der Waals surface area contributed by atoms with E-state index in [4.69, 9.17) is 0 Å². The highest BCUT2D eigenvalue weighted by Crippen LogP contribution is 2.52. The average molecular weight is 241 g/mol. The summed E-state index contributed by atoms with van der Waals surface area (Å²) in [4.78, 5) is 2.58. The molecule has 0 radical (unpaired) electrons. The lowest BCUT2D eigenvalue weighted by Gasteiger charge is -2.25. The van der Waals surface area contributed by atoms with E-state index in [0.29, 0.717) is 6.04 Å². The SMILES string of the molecule is c1csc(N2c3ccccc3C3CCCC32)c1. The van der Waals surface area contributed by atoms with Gasteiger partial charge in [0.1, 0.15) is 0 Å². The van der Waals surface area contributed by atoms with Crippen LogP contribution in [0.15, 0.2) is 41.8 Å². The van der Waals surface area contributed by atoms with Crippen LogP contribution in [0.3, 0.4) is 0 Å². The van der Waals surface area contributed by atoms with Gasteiger partial charge in [-0.15, -0.1) is 11.3 Å². The van der Waals surface area contributed by atoms with Crippen LogP contribution in [-0.2, 0) is 0 Å². The van der Waals surface area contributed by atoms with Crippen molar-refractivity contribution in [1.82, 2.24) is 0 Å². The molecule has 1 saturated carbocycles. The summed E-state index contributed by atoms with van der Waals surface area (Å²) in [5, 5.41) is 3.59. The highest BCUT2D eigenvalue weighted by molar-refractivity contribution is 7.14. The lowest BCUT2D eigenvalue weighted by molar-refractivity contribution is 0.644. The molecule has 0 spiro atoms. The summed E-state index contributed by atoms with van der Waals surface area (Å²) >= 11 is 1.86. The Bertz CT molecular complexity index is 532. The Balaban J connectivity index is 1.89. The van der Waals surface area contributed by atoms with E-state index in [2.05, 4.69) is 46.7 Å². The largest absolute Gasteiger partial charge is 0.329 e. The summed E-state index contributed by atoms with van der Waals surface area (Å²) in [6.07, 6.45) is 4.09. The van der Waals surface area contributed by atoms with E-state index >= 15 is 0 Å². The molecule has 1 aromatic carbocycles. The highest BCUT2D eigenvalue weighted by atomic mass is 32.1. The smallest absolute Gasteiger partial charge is 0.0956 e. The minimum Gasteiger partial charge on any atom is -0.329 e. The average Bonchev–Trinajstić information content (AvgIpc) is 3.04. The maximum Gasteiger partial charge on any atom is 0.0956 e. The lowest BCUT2D eigenvalue weighted by atomic mass is 9.98. The molecule has 2 heterocycles. The van der Waals surface area contributed by atoms with E-state index in [9.17, 15) is 0 Å². The quantitative estimate of drug-likeness (QED) is 0.708. The Hall–Kier alpha value is -1.28. The van der Waals surface area contributed by atoms with Gasteiger partial charge in [0.2, 0.25) is 0 Å². The van der Waals surface area contributed by atoms with Crippen LogP contribution in [0.2, 0.25) is 0 Å². The van der Waals surface area contributed by atoms with E-state index in [-0.39, 0.29) is 0 Å². The molecule has 1 aliphatic heterocycles. The van der Waals surface area contributed by atoms with Crippen molar-refractivity contribution in [2.24, 2.45) is 0 Å². The van der Waals surface area contributed by atoms with Crippen molar-refractivity contribution in [1.29, 1.82) is 0 Å². The molecule has 0 amide bonds. The van der Waals surface area contributed by atoms with E-state index in [1.165, 1.54) is 30.0 Å². The first-order valence-electron chi connectivity index (χ1n) is 6.37. The minimum atomic E-state index is 0.714. The van der Waals surface area contributed by atoms with E-state index < -0.39 is 0 Å². The first-order valence-corrected chi connectivity index (χ1v) is 7.25. The van der Waals surface area contributed by atoms with Gasteiger partial charge in [-0.05, 0) is 42.0 Å². The minimum absolute atomic E-state index is 0.714. The molecule has 4 rings (SSSR count). The molecule has 17 heavy (non-hydrogen) atoms. The monoisotopic (exact) mass is 241 g/mol. The molecule has 0 bridgehead atoms. The molecule has 2 heteroatoms. The van der Waals surface area contributed by atoms with Crippen LogP contribution in [0.5, 0.6) is 0 Å². The summed E-state index contributed by atoms with van der Waals surface area (Å²) in [7, 11) is 0. The normalized spacial score (nSPS) is 26.0. The molecule has 1 aliphatic carbocycles. The highest BCUT2D eigenvalue weighted by Gasteiger charge is 2.41. The molecule has 2 unspecified atom stereocenters. The maximum absolute atomic E-state index is 2.58. The fraction of sp³-hybridized carbons (Fsp3) is 0.333. The second-order valence-corrected chi connectivity index (χ2v) is 5.91. The van der Waals surface area contributed by atoms with Gasteiger partial charge in [-0.25, -0.2) is 0 Å². The third kappa shape index (κ3) is 1.31.